The van der Waals surface area contributed by atoms with Crippen LogP contribution in [0.1, 0.15) is 37.7 Å². The van der Waals surface area contributed by atoms with Crippen LogP contribution in [0.5, 0.6) is 0 Å². The molecule has 1 aromatic heterocycles. The highest BCUT2D eigenvalue weighted by atomic mass is 16.2. The molecule has 0 fully saturated rings. The molecule has 2 N–H and O–H groups in total. The largest absolute Gasteiger partial charge is 0.352 e. The number of carbonyl (C=O) groups is 2. The fourth-order valence-electron chi connectivity index (χ4n) is 2.63. The summed E-state index contributed by atoms with van der Waals surface area (Å²) in [6.45, 7) is 0.863. The van der Waals surface area contributed by atoms with Gasteiger partial charge in [-0.15, -0.1) is 0 Å². The van der Waals surface area contributed by atoms with Crippen molar-refractivity contribution in [2.75, 3.05) is 6.54 Å². The second kappa shape index (κ2) is 9.76. The van der Waals surface area contributed by atoms with Gasteiger partial charge < -0.3 is 10.6 Å². The first-order chi connectivity index (χ1) is 14.2. The smallest absolute Gasteiger partial charge is 0.254 e. The third-order valence-corrected chi connectivity index (χ3v) is 4.23. The molecule has 0 bridgehead atoms. The standard InChI is InChI=1S/C22H19N5O2/c23-12-20-25-14-19(15-26-20)22(29)27-13-17-6-8-18(9-7-17)21(28)24-11-10-16-4-2-1-3-5-16/h1-9,14-15H,10-11,13H2,(H,24,28)(H,27,29). The molecular formula is C22H19N5O2. The Hall–Kier alpha value is -4.05. The second-order valence-corrected chi connectivity index (χ2v) is 6.28. The zero-order valence-corrected chi connectivity index (χ0v) is 15.6. The van der Waals surface area contributed by atoms with Gasteiger partial charge in [-0.1, -0.05) is 42.5 Å². The van der Waals surface area contributed by atoms with Gasteiger partial charge in [-0.3, -0.25) is 9.59 Å². The minimum absolute atomic E-state index is 0.0131. The van der Waals surface area contributed by atoms with Crippen LogP contribution in [0.25, 0.3) is 0 Å². The Kier molecular flexibility index (Phi) is 6.63. The van der Waals surface area contributed by atoms with Crippen LogP contribution in [0, 0.1) is 11.3 Å². The van der Waals surface area contributed by atoms with Gasteiger partial charge >= 0.3 is 0 Å². The molecule has 2 aromatic carbocycles. The van der Waals surface area contributed by atoms with E-state index in [1.54, 1.807) is 30.3 Å². The van der Waals surface area contributed by atoms with E-state index < -0.39 is 0 Å². The summed E-state index contributed by atoms with van der Waals surface area (Å²) in [7, 11) is 0. The molecule has 7 heteroatoms. The molecule has 29 heavy (non-hydrogen) atoms. The normalized spacial score (nSPS) is 10.0. The van der Waals surface area contributed by atoms with Crippen LogP contribution in [0.15, 0.2) is 67.0 Å². The zero-order valence-electron chi connectivity index (χ0n) is 15.6. The van der Waals surface area contributed by atoms with Crippen molar-refractivity contribution in [1.82, 2.24) is 20.6 Å². The molecule has 0 spiro atoms. The Morgan fingerprint density at radius 2 is 1.48 bits per heavy atom. The van der Waals surface area contributed by atoms with Crippen molar-refractivity contribution in [3.05, 3.63) is 95.1 Å². The number of rotatable bonds is 7. The lowest BCUT2D eigenvalue weighted by Gasteiger charge is -2.08. The van der Waals surface area contributed by atoms with E-state index in [0.29, 0.717) is 18.7 Å². The zero-order chi connectivity index (χ0) is 20.5. The Balaban J connectivity index is 1.47. The number of hydrogen-bond donors (Lipinski definition) is 2. The second-order valence-electron chi connectivity index (χ2n) is 6.28. The van der Waals surface area contributed by atoms with E-state index in [0.717, 1.165) is 12.0 Å². The van der Waals surface area contributed by atoms with Crippen LogP contribution in [-0.2, 0) is 13.0 Å². The van der Waals surface area contributed by atoms with Crippen LogP contribution in [0.3, 0.4) is 0 Å². The highest BCUT2D eigenvalue weighted by Gasteiger charge is 2.08. The van der Waals surface area contributed by atoms with Crippen molar-refractivity contribution in [2.24, 2.45) is 0 Å². The maximum atomic E-state index is 12.2. The first-order valence-electron chi connectivity index (χ1n) is 9.07. The summed E-state index contributed by atoms with van der Waals surface area (Å²) in [5.41, 5.74) is 2.87. The SMILES string of the molecule is N#Cc1ncc(C(=O)NCc2ccc(C(=O)NCCc3ccccc3)cc2)cn1. The van der Waals surface area contributed by atoms with Crippen LogP contribution in [0.2, 0.25) is 0 Å². The van der Waals surface area contributed by atoms with Crippen molar-refractivity contribution in [1.29, 1.82) is 5.26 Å². The van der Waals surface area contributed by atoms with Crippen LogP contribution >= 0.6 is 0 Å². The molecule has 0 saturated heterocycles. The quantitative estimate of drug-likeness (QED) is 0.649. The summed E-state index contributed by atoms with van der Waals surface area (Å²) < 4.78 is 0. The van der Waals surface area contributed by atoms with Crippen molar-refractivity contribution in [2.45, 2.75) is 13.0 Å². The van der Waals surface area contributed by atoms with Crippen molar-refractivity contribution < 1.29 is 9.59 Å². The summed E-state index contributed by atoms with van der Waals surface area (Å²) in [6.07, 6.45) is 3.39. The summed E-state index contributed by atoms with van der Waals surface area (Å²) in [6, 6.07) is 18.8. The van der Waals surface area contributed by atoms with E-state index in [1.807, 2.05) is 30.3 Å². The number of nitrogens with zero attached hydrogens (tertiary/aromatic N) is 3. The van der Waals surface area contributed by atoms with Crippen LogP contribution < -0.4 is 10.6 Å². The molecule has 0 aliphatic carbocycles. The van der Waals surface area contributed by atoms with Gasteiger partial charge in [-0.25, -0.2) is 9.97 Å². The van der Waals surface area contributed by atoms with Crippen LogP contribution in [-0.4, -0.2) is 28.3 Å². The highest BCUT2D eigenvalue weighted by molar-refractivity contribution is 5.94. The Labute approximate surface area is 168 Å². The molecule has 7 nitrogen and oxygen atoms in total. The third kappa shape index (κ3) is 5.71. The Morgan fingerprint density at radius 3 is 2.14 bits per heavy atom. The first kappa shape index (κ1) is 19.7. The van der Waals surface area contributed by atoms with Gasteiger partial charge in [0.1, 0.15) is 6.07 Å². The average molecular weight is 385 g/mol. The highest BCUT2D eigenvalue weighted by Crippen LogP contribution is 2.06. The molecule has 3 aromatic rings. The maximum Gasteiger partial charge on any atom is 0.254 e. The monoisotopic (exact) mass is 385 g/mol. The van der Waals surface area contributed by atoms with Crippen LogP contribution in [0.4, 0.5) is 0 Å². The van der Waals surface area contributed by atoms with Gasteiger partial charge in [-0.05, 0) is 29.7 Å². The molecule has 144 valence electrons. The molecule has 0 unspecified atom stereocenters. The number of carbonyl (C=O) groups excluding carboxylic acids is 2. The van der Waals surface area contributed by atoms with E-state index in [4.69, 9.17) is 5.26 Å². The van der Waals surface area contributed by atoms with Gasteiger partial charge in [-0.2, -0.15) is 5.26 Å². The number of aromatic nitrogens is 2. The molecule has 2 amide bonds. The summed E-state index contributed by atoms with van der Waals surface area (Å²) in [4.78, 5) is 31.9. The van der Waals surface area contributed by atoms with Gasteiger partial charge in [0, 0.05) is 31.0 Å². The van der Waals surface area contributed by atoms with Crippen molar-refractivity contribution in [3.63, 3.8) is 0 Å². The molecule has 3 rings (SSSR count). The van der Waals surface area contributed by atoms with Gasteiger partial charge in [0.15, 0.2) is 0 Å². The lowest BCUT2D eigenvalue weighted by Crippen LogP contribution is -2.26. The van der Waals surface area contributed by atoms with Gasteiger partial charge in [0.05, 0.1) is 5.56 Å². The lowest BCUT2D eigenvalue weighted by molar-refractivity contribution is 0.0942. The summed E-state index contributed by atoms with van der Waals surface area (Å²) in [5.74, 6) is -0.456. The lowest BCUT2D eigenvalue weighted by atomic mass is 10.1. The minimum atomic E-state index is -0.336. The number of amides is 2. The number of benzene rings is 2. The molecule has 1 heterocycles. The molecule has 0 atom stereocenters. The van der Waals surface area contributed by atoms with E-state index in [1.165, 1.54) is 18.0 Å². The maximum absolute atomic E-state index is 12.2. The number of hydrogen-bond acceptors (Lipinski definition) is 5. The predicted molar refractivity (Wildman–Crippen MR) is 107 cm³/mol. The number of nitriles is 1. The van der Waals surface area contributed by atoms with E-state index in [-0.39, 0.29) is 23.2 Å². The fraction of sp³-hybridized carbons (Fsp3) is 0.136. The molecule has 0 radical (unpaired) electrons. The third-order valence-electron chi connectivity index (χ3n) is 4.23. The first-order valence-corrected chi connectivity index (χ1v) is 9.07. The van der Waals surface area contributed by atoms with E-state index in [2.05, 4.69) is 20.6 Å². The summed E-state index contributed by atoms with van der Waals surface area (Å²) in [5, 5.41) is 14.3. The molecule has 0 aliphatic heterocycles. The summed E-state index contributed by atoms with van der Waals surface area (Å²) >= 11 is 0. The van der Waals surface area contributed by atoms with Gasteiger partial charge in [0.25, 0.3) is 11.8 Å². The Morgan fingerprint density at radius 1 is 0.828 bits per heavy atom. The molecular weight excluding hydrogens is 366 g/mol. The molecule has 0 aliphatic rings. The topological polar surface area (TPSA) is 108 Å². The van der Waals surface area contributed by atoms with E-state index in [9.17, 15) is 9.59 Å². The van der Waals surface area contributed by atoms with Gasteiger partial charge in [0.2, 0.25) is 5.82 Å². The average Bonchev–Trinajstić information content (AvgIpc) is 2.78. The minimum Gasteiger partial charge on any atom is -0.352 e. The van der Waals surface area contributed by atoms with E-state index >= 15 is 0 Å². The fourth-order valence-corrected chi connectivity index (χ4v) is 2.63. The van der Waals surface area contributed by atoms with Crippen molar-refractivity contribution >= 4 is 11.8 Å². The number of nitrogens with one attached hydrogen (secondary N) is 2. The van der Waals surface area contributed by atoms with Crippen molar-refractivity contribution in [3.8, 4) is 6.07 Å². The molecule has 0 saturated carbocycles. The Bertz CT molecular complexity index is 1010. The predicted octanol–water partition coefficient (Wildman–Crippen LogP) is 2.25.